The number of ether oxygens (including phenoxy) is 2. The van der Waals surface area contributed by atoms with Crippen LogP contribution in [0.1, 0.15) is 24.9 Å². The zero-order valence-electron chi connectivity index (χ0n) is 14.9. The number of rotatable bonds is 7. The minimum Gasteiger partial charge on any atom is -0.453 e. The van der Waals surface area contributed by atoms with Crippen LogP contribution in [0.25, 0.3) is 0 Å². The molecule has 0 aliphatic rings. The van der Waals surface area contributed by atoms with Gasteiger partial charge in [-0.25, -0.2) is 0 Å². The monoisotopic (exact) mass is 345 g/mol. The van der Waals surface area contributed by atoms with Crippen LogP contribution in [-0.2, 0) is 0 Å². The van der Waals surface area contributed by atoms with Gasteiger partial charge < -0.3 is 15.2 Å². The first-order chi connectivity index (χ1) is 12.6. The van der Waals surface area contributed by atoms with Crippen molar-refractivity contribution in [3.8, 4) is 23.0 Å². The predicted octanol–water partition coefficient (Wildman–Crippen LogP) is 6.24. The Hall–Kier alpha value is -3.04. The maximum absolute atomic E-state index is 6.30. The molecule has 26 heavy (non-hydrogen) atoms. The van der Waals surface area contributed by atoms with E-state index in [1.807, 2.05) is 85.8 Å². The van der Waals surface area contributed by atoms with Gasteiger partial charge in [-0.3, -0.25) is 0 Å². The molecule has 3 aromatic carbocycles. The van der Waals surface area contributed by atoms with Crippen LogP contribution < -0.4 is 15.2 Å². The van der Waals surface area contributed by atoms with E-state index in [0.717, 1.165) is 29.1 Å². The zero-order chi connectivity index (χ0) is 18.4. The SMILES string of the molecule is C=C(C)C[C@@H](N)c1ccc(Oc2ccccc2)c(Oc2ccccc2)c1. The van der Waals surface area contributed by atoms with Crippen molar-refractivity contribution in [1.29, 1.82) is 0 Å². The number of nitrogens with two attached hydrogens (primary N) is 1. The van der Waals surface area contributed by atoms with E-state index in [9.17, 15) is 0 Å². The predicted molar refractivity (Wildman–Crippen MR) is 106 cm³/mol. The van der Waals surface area contributed by atoms with Gasteiger partial charge in [-0.1, -0.05) is 48.0 Å². The molecule has 0 spiro atoms. The summed E-state index contributed by atoms with van der Waals surface area (Å²) >= 11 is 0. The average molecular weight is 345 g/mol. The topological polar surface area (TPSA) is 44.5 Å². The molecule has 3 nitrogen and oxygen atoms in total. The number of hydrogen-bond acceptors (Lipinski definition) is 3. The summed E-state index contributed by atoms with van der Waals surface area (Å²) in [5.74, 6) is 2.78. The molecule has 0 unspecified atom stereocenters. The molecule has 0 bridgehead atoms. The van der Waals surface area contributed by atoms with Crippen LogP contribution in [0.5, 0.6) is 23.0 Å². The van der Waals surface area contributed by atoms with Gasteiger partial charge in [0.1, 0.15) is 11.5 Å². The molecule has 0 radical (unpaired) electrons. The van der Waals surface area contributed by atoms with E-state index in [1.165, 1.54) is 0 Å². The first-order valence-electron chi connectivity index (χ1n) is 8.61. The van der Waals surface area contributed by atoms with Crippen molar-refractivity contribution in [2.45, 2.75) is 19.4 Å². The molecule has 3 rings (SSSR count). The molecule has 2 N–H and O–H groups in total. The van der Waals surface area contributed by atoms with Gasteiger partial charge in [0.2, 0.25) is 0 Å². The van der Waals surface area contributed by atoms with Crippen molar-refractivity contribution in [2.75, 3.05) is 0 Å². The molecule has 0 aliphatic carbocycles. The summed E-state index contributed by atoms with van der Waals surface area (Å²) in [4.78, 5) is 0. The van der Waals surface area contributed by atoms with E-state index in [1.54, 1.807) is 0 Å². The third-order valence-electron chi connectivity index (χ3n) is 3.91. The summed E-state index contributed by atoms with van der Waals surface area (Å²) in [5.41, 5.74) is 8.34. The normalized spacial score (nSPS) is 11.6. The maximum atomic E-state index is 6.30. The Morgan fingerprint density at radius 3 is 1.92 bits per heavy atom. The second-order valence-corrected chi connectivity index (χ2v) is 6.30. The standard InChI is InChI=1S/C23H23NO2/c1-17(2)15-21(24)18-13-14-22(25-19-9-5-3-6-10-19)23(16-18)26-20-11-7-4-8-12-20/h3-14,16,21H,1,15,24H2,2H3/t21-/m1/s1. The third-order valence-corrected chi connectivity index (χ3v) is 3.91. The third kappa shape index (κ3) is 4.74. The van der Waals surface area contributed by atoms with Crippen LogP contribution in [0.15, 0.2) is 91.0 Å². The van der Waals surface area contributed by atoms with E-state index in [-0.39, 0.29) is 6.04 Å². The van der Waals surface area contributed by atoms with Gasteiger partial charge in [0.15, 0.2) is 11.5 Å². The maximum Gasteiger partial charge on any atom is 0.170 e. The van der Waals surface area contributed by atoms with Crippen LogP contribution in [0.2, 0.25) is 0 Å². The van der Waals surface area contributed by atoms with Crippen molar-refractivity contribution in [2.24, 2.45) is 5.73 Å². The highest BCUT2D eigenvalue weighted by atomic mass is 16.5. The van der Waals surface area contributed by atoms with Crippen molar-refractivity contribution < 1.29 is 9.47 Å². The minimum absolute atomic E-state index is 0.128. The summed E-state index contributed by atoms with van der Waals surface area (Å²) in [7, 11) is 0. The fraction of sp³-hybridized carbons (Fsp3) is 0.130. The van der Waals surface area contributed by atoms with Gasteiger partial charge >= 0.3 is 0 Å². The second kappa shape index (κ2) is 8.37. The summed E-state index contributed by atoms with van der Waals surface area (Å²) in [6, 6.07) is 25.0. The van der Waals surface area contributed by atoms with Gasteiger partial charge in [0.05, 0.1) is 0 Å². The summed E-state index contributed by atoms with van der Waals surface area (Å²) < 4.78 is 12.1. The lowest BCUT2D eigenvalue weighted by atomic mass is 10.0. The van der Waals surface area contributed by atoms with Gasteiger partial charge in [-0.05, 0) is 55.3 Å². The van der Waals surface area contributed by atoms with Crippen LogP contribution >= 0.6 is 0 Å². The molecular weight excluding hydrogens is 322 g/mol. The van der Waals surface area contributed by atoms with E-state index >= 15 is 0 Å². The fourth-order valence-corrected chi connectivity index (χ4v) is 2.64. The highest BCUT2D eigenvalue weighted by Gasteiger charge is 2.13. The number of benzene rings is 3. The largest absolute Gasteiger partial charge is 0.453 e. The van der Waals surface area contributed by atoms with E-state index in [0.29, 0.717) is 11.5 Å². The molecule has 0 heterocycles. The van der Waals surface area contributed by atoms with Crippen molar-refractivity contribution in [3.05, 3.63) is 96.6 Å². The lowest BCUT2D eigenvalue weighted by molar-refractivity contribution is 0.417. The Morgan fingerprint density at radius 2 is 1.38 bits per heavy atom. The van der Waals surface area contributed by atoms with Gasteiger partial charge in [-0.2, -0.15) is 0 Å². The highest BCUT2D eigenvalue weighted by Crippen LogP contribution is 2.37. The van der Waals surface area contributed by atoms with Crippen molar-refractivity contribution >= 4 is 0 Å². The van der Waals surface area contributed by atoms with E-state index < -0.39 is 0 Å². The Balaban J connectivity index is 1.93. The second-order valence-electron chi connectivity index (χ2n) is 6.30. The quantitative estimate of drug-likeness (QED) is 0.516. The van der Waals surface area contributed by atoms with Crippen LogP contribution in [0, 0.1) is 0 Å². The van der Waals surface area contributed by atoms with Gasteiger partial charge in [0, 0.05) is 6.04 Å². The fourth-order valence-electron chi connectivity index (χ4n) is 2.64. The lowest BCUT2D eigenvalue weighted by Crippen LogP contribution is -2.10. The molecule has 0 saturated heterocycles. The first kappa shape index (κ1) is 17.8. The van der Waals surface area contributed by atoms with Crippen LogP contribution in [-0.4, -0.2) is 0 Å². The summed E-state index contributed by atoms with van der Waals surface area (Å²) in [6.45, 7) is 5.93. The Kier molecular flexibility index (Phi) is 5.72. The van der Waals surface area contributed by atoms with Crippen LogP contribution in [0.3, 0.4) is 0 Å². The van der Waals surface area contributed by atoms with Crippen molar-refractivity contribution in [1.82, 2.24) is 0 Å². The highest BCUT2D eigenvalue weighted by molar-refractivity contribution is 5.48. The van der Waals surface area contributed by atoms with Gasteiger partial charge in [-0.15, -0.1) is 6.58 Å². The van der Waals surface area contributed by atoms with Crippen LogP contribution in [0.4, 0.5) is 0 Å². The smallest absolute Gasteiger partial charge is 0.170 e. The molecule has 132 valence electrons. The lowest BCUT2D eigenvalue weighted by Gasteiger charge is -2.17. The molecule has 3 aromatic rings. The molecule has 0 amide bonds. The van der Waals surface area contributed by atoms with Crippen molar-refractivity contribution in [3.63, 3.8) is 0 Å². The Labute approximate surface area is 154 Å². The molecule has 0 fully saturated rings. The molecule has 1 atom stereocenters. The first-order valence-corrected chi connectivity index (χ1v) is 8.61. The molecule has 0 aliphatic heterocycles. The molecular formula is C23H23NO2. The average Bonchev–Trinajstić information content (AvgIpc) is 2.64. The molecule has 0 saturated carbocycles. The van der Waals surface area contributed by atoms with E-state index in [2.05, 4.69) is 6.58 Å². The zero-order valence-corrected chi connectivity index (χ0v) is 14.9. The molecule has 0 aromatic heterocycles. The van der Waals surface area contributed by atoms with E-state index in [4.69, 9.17) is 15.2 Å². The number of hydrogen-bond donors (Lipinski definition) is 1. The number of para-hydroxylation sites is 2. The summed E-state index contributed by atoms with van der Waals surface area (Å²) in [5, 5.41) is 0. The Bertz CT molecular complexity index is 860. The molecule has 3 heteroatoms. The Morgan fingerprint density at radius 1 is 0.846 bits per heavy atom. The van der Waals surface area contributed by atoms with Gasteiger partial charge in [0.25, 0.3) is 0 Å². The summed E-state index contributed by atoms with van der Waals surface area (Å²) in [6.07, 6.45) is 0.726. The minimum atomic E-state index is -0.128.